The van der Waals surface area contributed by atoms with Crippen LogP contribution in [-0.4, -0.2) is 4.98 Å². The smallest absolute Gasteiger partial charge is 0.123 e. The van der Waals surface area contributed by atoms with Crippen LogP contribution < -0.4 is 5.32 Å². The van der Waals surface area contributed by atoms with Crippen molar-refractivity contribution < 1.29 is 4.39 Å². The zero-order valence-corrected chi connectivity index (χ0v) is 13.8. The highest BCUT2D eigenvalue weighted by Crippen LogP contribution is 2.51. The Bertz CT molecular complexity index is 751. The van der Waals surface area contributed by atoms with Gasteiger partial charge in [-0.3, -0.25) is 4.98 Å². The van der Waals surface area contributed by atoms with Gasteiger partial charge in [0.15, 0.2) is 0 Å². The fourth-order valence-corrected chi connectivity index (χ4v) is 3.91. The molecule has 1 saturated carbocycles. The molecule has 2 heterocycles. The summed E-state index contributed by atoms with van der Waals surface area (Å²) >= 11 is 0. The van der Waals surface area contributed by atoms with Gasteiger partial charge in [-0.2, -0.15) is 0 Å². The molecule has 1 fully saturated rings. The Kier molecular flexibility index (Phi) is 3.40. The lowest BCUT2D eigenvalue weighted by Gasteiger charge is -2.46. The average Bonchev–Trinajstić information content (AvgIpc) is 3.32. The summed E-state index contributed by atoms with van der Waals surface area (Å²) in [5.41, 5.74) is 5.86. The maximum Gasteiger partial charge on any atom is 0.123 e. The average molecular weight is 310 g/mol. The summed E-state index contributed by atoms with van der Waals surface area (Å²) in [6, 6.07) is 7.26. The number of hydrogen-bond acceptors (Lipinski definition) is 2. The van der Waals surface area contributed by atoms with Crippen molar-refractivity contribution in [3.63, 3.8) is 0 Å². The largest absolute Gasteiger partial charge is 0.372 e. The van der Waals surface area contributed by atoms with Gasteiger partial charge in [0.1, 0.15) is 5.82 Å². The molecular weight excluding hydrogens is 287 g/mol. The van der Waals surface area contributed by atoms with E-state index in [1.807, 2.05) is 18.3 Å². The van der Waals surface area contributed by atoms with Crippen molar-refractivity contribution in [3.05, 3.63) is 58.7 Å². The van der Waals surface area contributed by atoms with Crippen LogP contribution in [0.3, 0.4) is 0 Å². The van der Waals surface area contributed by atoms with Crippen LogP contribution in [0, 0.1) is 18.7 Å². The summed E-state index contributed by atoms with van der Waals surface area (Å²) in [5.74, 6) is 0.645. The van der Waals surface area contributed by atoms with Gasteiger partial charge in [0, 0.05) is 12.6 Å². The highest BCUT2D eigenvalue weighted by molar-refractivity contribution is 5.68. The molecule has 23 heavy (non-hydrogen) atoms. The lowest BCUT2D eigenvalue weighted by molar-refractivity contribution is 0.376. The molecule has 0 spiro atoms. The van der Waals surface area contributed by atoms with Crippen LogP contribution in [0.1, 0.15) is 48.6 Å². The van der Waals surface area contributed by atoms with Crippen molar-refractivity contribution in [2.24, 2.45) is 5.92 Å². The van der Waals surface area contributed by atoms with Gasteiger partial charge in [-0.15, -0.1) is 0 Å². The molecule has 1 aromatic heterocycles. The number of fused-ring (bicyclic) bond motifs is 1. The number of aromatic nitrogens is 1. The molecule has 1 aromatic carbocycles. The second kappa shape index (κ2) is 5.33. The molecule has 2 aromatic rings. The van der Waals surface area contributed by atoms with Crippen molar-refractivity contribution in [1.29, 1.82) is 0 Å². The Hall–Kier alpha value is -1.90. The molecule has 1 unspecified atom stereocenters. The minimum absolute atomic E-state index is 0.111. The number of halogens is 1. The molecule has 1 N–H and O–H groups in total. The number of aryl methyl sites for hydroxylation is 2. The third-order valence-electron chi connectivity index (χ3n) is 5.35. The van der Waals surface area contributed by atoms with E-state index in [2.05, 4.69) is 24.1 Å². The van der Waals surface area contributed by atoms with Crippen molar-refractivity contribution in [2.75, 3.05) is 5.32 Å². The van der Waals surface area contributed by atoms with Gasteiger partial charge < -0.3 is 5.32 Å². The molecule has 4 rings (SSSR count). The Morgan fingerprint density at radius 2 is 2.09 bits per heavy atom. The maximum atomic E-state index is 13.8. The molecule has 1 aliphatic carbocycles. The summed E-state index contributed by atoms with van der Waals surface area (Å²) < 4.78 is 13.8. The Morgan fingerprint density at radius 1 is 1.26 bits per heavy atom. The van der Waals surface area contributed by atoms with E-state index in [1.165, 1.54) is 35.3 Å². The number of nitrogens with one attached hydrogen (secondary N) is 1. The molecule has 120 valence electrons. The van der Waals surface area contributed by atoms with Crippen molar-refractivity contribution in [3.8, 4) is 0 Å². The number of hydrogen-bond donors (Lipinski definition) is 1. The second-order valence-electron chi connectivity index (χ2n) is 7.15. The predicted octanol–water partition coefficient (Wildman–Crippen LogP) is 4.76. The van der Waals surface area contributed by atoms with Crippen molar-refractivity contribution >= 4 is 5.69 Å². The summed E-state index contributed by atoms with van der Waals surface area (Å²) in [4.78, 5) is 4.68. The van der Waals surface area contributed by atoms with E-state index in [0.29, 0.717) is 0 Å². The zero-order valence-electron chi connectivity index (χ0n) is 13.8. The molecule has 3 heteroatoms. The lowest BCUT2D eigenvalue weighted by Crippen LogP contribution is -2.48. The van der Waals surface area contributed by atoms with Gasteiger partial charge in [0.2, 0.25) is 0 Å². The Morgan fingerprint density at radius 3 is 2.83 bits per heavy atom. The monoisotopic (exact) mass is 310 g/mol. The van der Waals surface area contributed by atoms with Gasteiger partial charge in [-0.25, -0.2) is 4.39 Å². The van der Waals surface area contributed by atoms with Crippen LogP contribution >= 0.6 is 0 Å². The summed E-state index contributed by atoms with van der Waals surface area (Å²) in [6.07, 6.45) is 7.40. The Balaban J connectivity index is 1.72. The number of rotatable bonds is 5. The van der Waals surface area contributed by atoms with E-state index < -0.39 is 0 Å². The second-order valence-corrected chi connectivity index (χ2v) is 7.15. The number of anilines is 1. The molecule has 0 saturated heterocycles. The van der Waals surface area contributed by atoms with E-state index in [4.69, 9.17) is 0 Å². The van der Waals surface area contributed by atoms with Crippen LogP contribution in [0.5, 0.6) is 0 Å². The molecule has 0 amide bonds. The molecule has 2 nitrogen and oxygen atoms in total. The van der Waals surface area contributed by atoms with Gasteiger partial charge >= 0.3 is 0 Å². The molecule has 1 atom stereocenters. The van der Waals surface area contributed by atoms with Crippen LogP contribution in [-0.2, 0) is 18.4 Å². The fraction of sp³-hybridized carbons (Fsp3) is 0.450. The molecule has 0 radical (unpaired) electrons. The van der Waals surface area contributed by atoms with Gasteiger partial charge in [-0.1, -0.05) is 25.8 Å². The van der Waals surface area contributed by atoms with Crippen LogP contribution in [0.2, 0.25) is 0 Å². The van der Waals surface area contributed by atoms with E-state index >= 15 is 0 Å². The molecule has 0 bridgehead atoms. The molecule has 1 aliphatic heterocycles. The summed E-state index contributed by atoms with van der Waals surface area (Å²) in [5, 5.41) is 3.71. The zero-order chi connectivity index (χ0) is 16.0. The van der Waals surface area contributed by atoms with Crippen LogP contribution in [0.25, 0.3) is 0 Å². The number of nitrogens with zero attached hydrogens (tertiary/aromatic N) is 1. The first-order valence-electron chi connectivity index (χ1n) is 8.63. The number of benzene rings is 1. The summed E-state index contributed by atoms with van der Waals surface area (Å²) in [6.45, 7) is 4.25. The van der Waals surface area contributed by atoms with E-state index in [-0.39, 0.29) is 11.4 Å². The SMILES string of the molecule is CCc1ccc(F)cc1CC1(CC2CC2)Nc2c(C)ccnc21. The van der Waals surface area contributed by atoms with E-state index in [9.17, 15) is 4.39 Å². The van der Waals surface area contributed by atoms with Crippen molar-refractivity contribution in [2.45, 2.75) is 51.5 Å². The first-order valence-corrected chi connectivity index (χ1v) is 8.63. The van der Waals surface area contributed by atoms with Gasteiger partial charge in [-0.05, 0) is 60.6 Å². The quantitative estimate of drug-likeness (QED) is 0.861. The minimum atomic E-state index is -0.143. The first-order chi connectivity index (χ1) is 11.1. The third kappa shape index (κ3) is 2.52. The van der Waals surface area contributed by atoms with Crippen LogP contribution in [0.4, 0.5) is 10.1 Å². The normalized spacial score (nSPS) is 22.2. The predicted molar refractivity (Wildman–Crippen MR) is 91.1 cm³/mol. The first kappa shape index (κ1) is 14.7. The van der Waals surface area contributed by atoms with Gasteiger partial charge in [0.05, 0.1) is 16.9 Å². The van der Waals surface area contributed by atoms with E-state index in [1.54, 1.807) is 12.1 Å². The van der Waals surface area contributed by atoms with Gasteiger partial charge in [0.25, 0.3) is 0 Å². The topological polar surface area (TPSA) is 24.9 Å². The maximum absolute atomic E-state index is 13.8. The van der Waals surface area contributed by atoms with Crippen molar-refractivity contribution in [1.82, 2.24) is 4.98 Å². The Labute approximate surface area is 137 Å². The molecular formula is C20H23FN2. The summed E-state index contributed by atoms with van der Waals surface area (Å²) in [7, 11) is 0. The highest BCUT2D eigenvalue weighted by Gasteiger charge is 2.48. The lowest BCUT2D eigenvalue weighted by atomic mass is 9.74. The highest BCUT2D eigenvalue weighted by atomic mass is 19.1. The number of pyridine rings is 1. The fourth-order valence-electron chi connectivity index (χ4n) is 3.91. The van der Waals surface area contributed by atoms with Crippen LogP contribution in [0.15, 0.2) is 30.5 Å². The standard InChI is InChI=1S/C20H23FN2/c1-3-15-6-7-17(21)10-16(15)12-20(11-14-4-5-14)19-18(23-20)13(2)8-9-22-19/h6-10,14,23H,3-5,11-12H2,1-2H3. The third-order valence-corrected chi connectivity index (χ3v) is 5.35. The minimum Gasteiger partial charge on any atom is -0.372 e. The molecule has 2 aliphatic rings. The van der Waals surface area contributed by atoms with E-state index in [0.717, 1.165) is 30.7 Å².